The number of aromatic amines is 1. The Morgan fingerprint density at radius 1 is 0.955 bits per heavy atom. The fraction of sp³-hybridized carbons (Fsp3) is 0.0667. The van der Waals surface area contributed by atoms with Gasteiger partial charge in [0.1, 0.15) is 0 Å². The highest BCUT2D eigenvalue weighted by atomic mass is 19.4. The highest BCUT2D eigenvalue weighted by Crippen LogP contribution is 2.31. The van der Waals surface area contributed by atoms with Crippen molar-refractivity contribution in [2.24, 2.45) is 0 Å². The van der Waals surface area contributed by atoms with Crippen LogP contribution in [0.1, 0.15) is 5.56 Å². The van der Waals surface area contributed by atoms with Gasteiger partial charge in [-0.05, 0) is 24.3 Å². The van der Waals surface area contributed by atoms with Crippen LogP contribution in [0.5, 0.6) is 0 Å². The highest BCUT2D eigenvalue weighted by Gasteiger charge is 2.30. The predicted octanol–water partition coefficient (Wildman–Crippen LogP) is 3.74. The predicted molar refractivity (Wildman–Crippen MR) is 76.7 cm³/mol. The third kappa shape index (κ3) is 2.78. The molecular weight excluding hydrogens is 293 g/mol. The minimum absolute atomic E-state index is 0.198. The van der Waals surface area contributed by atoms with E-state index in [1.807, 2.05) is 0 Å². The van der Waals surface area contributed by atoms with Gasteiger partial charge in [0, 0.05) is 16.8 Å². The van der Waals surface area contributed by atoms with Crippen molar-refractivity contribution in [3.8, 4) is 22.8 Å². The summed E-state index contributed by atoms with van der Waals surface area (Å²) in [5.41, 5.74) is 6.53. The summed E-state index contributed by atoms with van der Waals surface area (Å²) in [6.07, 6.45) is -4.40. The summed E-state index contributed by atoms with van der Waals surface area (Å²) >= 11 is 0. The Kier molecular flexibility index (Phi) is 3.32. The number of hydrogen-bond donors (Lipinski definition) is 2. The number of rotatable bonds is 2. The van der Waals surface area contributed by atoms with Crippen LogP contribution in [0, 0.1) is 0 Å². The molecule has 4 nitrogen and oxygen atoms in total. The molecule has 0 aliphatic carbocycles. The first kappa shape index (κ1) is 14.1. The summed E-state index contributed by atoms with van der Waals surface area (Å²) in [4.78, 5) is 4.23. The van der Waals surface area contributed by atoms with Crippen molar-refractivity contribution in [3.05, 3.63) is 54.1 Å². The zero-order valence-electron chi connectivity index (χ0n) is 11.2. The van der Waals surface area contributed by atoms with E-state index in [0.717, 1.165) is 12.1 Å². The van der Waals surface area contributed by atoms with E-state index in [1.54, 1.807) is 24.3 Å². The number of H-pyrrole nitrogens is 1. The summed E-state index contributed by atoms with van der Waals surface area (Å²) in [5.74, 6) is 0.642. The average molecular weight is 304 g/mol. The van der Waals surface area contributed by atoms with Crippen molar-refractivity contribution in [2.75, 3.05) is 5.73 Å². The first-order chi connectivity index (χ1) is 10.4. The zero-order chi connectivity index (χ0) is 15.7. The van der Waals surface area contributed by atoms with E-state index in [4.69, 9.17) is 5.73 Å². The lowest BCUT2D eigenvalue weighted by molar-refractivity contribution is -0.137. The smallest absolute Gasteiger partial charge is 0.399 e. The number of halogens is 3. The van der Waals surface area contributed by atoms with Crippen LogP contribution in [-0.4, -0.2) is 15.2 Å². The van der Waals surface area contributed by atoms with Crippen LogP contribution in [-0.2, 0) is 6.18 Å². The molecule has 1 aromatic heterocycles. The third-order valence-electron chi connectivity index (χ3n) is 3.09. The molecule has 0 unspecified atom stereocenters. The number of nitrogens with one attached hydrogen (secondary N) is 1. The molecule has 2 aromatic carbocycles. The van der Waals surface area contributed by atoms with Gasteiger partial charge in [0.2, 0.25) is 0 Å². The van der Waals surface area contributed by atoms with Crippen molar-refractivity contribution < 1.29 is 13.2 Å². The summed E-state index contributed by atoms with van der Waals surface area (Å²) in [5, 5.41) is 6.68. The molecule has 0 saturated heterocycles. The van der Waals surface area contributed by atoms with E-state index < -0.39 is 11.7 Å². The molecule has 22 heavy (non-hydrogen) atoms. The second-order valence-electron chi connectivity index (χ2n) is 4.71. The Morgan fingerprint density at radius 2 is 1.68 bits per heavy atom. The van der Waals surface area contributed by atoms with Crippen LogP contribution in [0.25, 0.3) is 22.8 Å². The molecule has 0 spiro atoms. The van der Waals surface area contributed by atoms with E-state index in [0.29, 0.717) is 22.6 Å². The van der Waals surface area contributed by atoms with Crippen LogP contribution < -0.4 is 5.73 Å². The quantitative estimate of drug-likeness (QED) is 0.709. The summed E-state index contributed by atoms with van der Waals surface area (Å²) in [6, 6.07) is 11.9. The number of nitrogens with zero attached hydrogens (tertiary/aromatic N) is 2. The number of anilines is 1. The van der Waals surface area contributed by atoms with Crippen molar-refractivity contribution >= 4 is 5.69 Å². The Bertz CT molecular complexity index is 808. The van der Waals surface area contributed by atoms with Crippen molar-refractivity contribution in [1.29, 1.82) is 0 Å². The fourth-order valence-electron chi connectivity index (χ4n) is 2.04. The molecule has 0 amide bonds. The van der Waals surface area contributed by atoms with Gasteiger partial charge >= 0.3 is 6.18 Å². The van der Waals surface area contributed by atoms with Crippen LogP contribution in [0.2, 0.25) is 0 Å². The number of nitrogens with two attached hydrogens (primary N) is 1. The molecule has 7 heteroatoms. The summed E-state index contributed by atoms with van der Waals surface area (Å²) in [7, 11) is 0. The first-order valence-corrected chi connectivity index (χ1v) is 6.39. The van der Waals surface area contributed by atoms with Crippen LogP contribution in [0.4, 0.5) is 18.9 Å². The van der Waals surface area contributed by atoms with Crippen LogP contribution >= 0.6 is 0 Å². The summed E-state index contributed by atoms with van der Waals surface area (Å²) in [6.45, 7) is 0. The Hall–Kier alpha value is -2.83. The molecule has 3 N–H and O–H groups in total. The molecule has 0 aliphatic rings. The van der Waals surface area contributed by atoms with Crippen LogP contribution in [0.15, 0.2) is 48.5 Å². The number of hydrogen-bond acceptors (Lipinski definition) is 3. The number of nitrogen functional groups attached to an aromatic ring is 1. The van der Waals surface area contributed by atoms with Gasteiger partial charge in [-0.2, -0.15) is 18.3 Å². The van der Waals surface area contributed by atoms with E-state index in [2.05, 4.69) is 15.2 Å². The average Bonchev–Trinajstić information content (AvgIpc) is 2.96. The highest BCUT2D eigenvalue weighted by molar-refractivity contribution is 5.64. The molecule has 0 aliphatic heterocycles. The lowest BCUT2D eigenvalue weighted by Gasteiger charge is -2.06. The number of alkyl halides is 3. The zero-order valence-corrected chi connectivity index (χ0v) is 11.2. The van der Waals surface area contributed by atoms with Gasteiger partial charge in [-0.15, -0.1) is 0 Å². The lowest BCUT2D eigenvalue weighted by Crippen LogP contribution is -2.04. The van der Waals surface area contributed by atoms with Gasteiger partial charge in [-0.3, -0.25) is 5.10 Å². The molecule has 112 valence electrons. The van der Waals surface area contributed by atoms with Gasteiger partial charge in [0.25, 0.3) is 0 Å². The second kappa shape index (κ2) is 5.18. The summed E-state index contributed by atoms with van der Waals surface area (Å²) < 4.78 is 38.2. The maximum absolute atomic E-state index is 12.7. The number of benzene rings is 2. The molecule has 3 rings (SSSR count). The minimum Gasteiger partial charge on any atom is -0.399 e. The van der Waals surface area contributed by atoms with Gasteiger partial charge in [-0.1, -0.05) is 24.3 Å². The largest absolute Gasteiger partial charge is 0.416 e. The van der Waals surface area contributed by atoms with Gasteiger partial charge < -0.3 is 5.73 Å². The molecule has 0 bridgehead atoms. The molecule has 0 radical (unpaired) electrons. The van der Waals surface area contributed by atoms with E-state index in [9.17, 15) is 13.2 Å². The van der Waals surface area contributed by atoms with E-state index in [1.165, 1.54) is 12.1 Å². The molecule has 1 heterocycles. The van der Waals surface area contributed by atoms with Crippen molar-refractivity contribution in [1.82, 2.24) is 15.2 Å². The maximum atomic E-state index is 12.7. The normalized spacial score (nSPS) is 11.6. The Morgan fingerprint density at radius 3 is 2.41 bits per heavy atom. The van der Waals surface area contributed by atoms with Crippen molar-refractivity contribution in [2.45, 2.75) is 6.18 Å². The molecule has 0 atom stereocenters. The maximum Gasteiger partial charge on any atom is 0.416 e. The third-order valence-corrected chi connectivity index (χ3v) is 3.09. The molecular formula is C15H11F3N4. The van der Waals surface area contributed by atoms with Gasteiger partial charge in [0.05, 0.1) is 5.56 Å². The Balaban J connectivity index is 1.98. The molecule has 0 fully saturated rings. The minimum atomic E-state index is -4.40. The lowest BCUT2D eigenvalue weighted by atomic mass is 10.1. The Labute approximate surface area is 123 Å². The topological polar surface area (TPSA) is 67.6 Å². The SMILES string of the molecule is Nc1cccc(-c2nc(-c3cccc(C(F)(F)F)c3)n[nH]2)c1. The van der Waals surface area contributed by atoms with Crippen LogP contribution in [0.3, 0.4) is 0 Å². The second-order valence-corrected chi connectivity index (χ2v) is 4.71. The molecule has 0 saturated carbocycles. The van der Waals surface area contributed by atoms with Crippen molar-refractivity contribution in [3.63, 3.8) is 0 Å². The fourth-order valence-corrected chi connectivity index (χ4v) is 2.04. The van der Waals surface area contributed by atoms with Gasteiger partial charge in [-0.25, -0.2) is 4.98 Å². The monoisotopic (exact) mass is 304 g/mol. The first-order valence-electron chi connectivity index (χ1n) is 6.39. The molecule has 3 aromatic rings. The number of aromatic nitrogens is 3. The van der Waals surface area contributed by atoms with Gasteiger partial charge in [0.15, 0.2) is 11.6 Å². The van der Waals surface area contributed by atoms with E-state index >= 15 is 0 Å². The van der Waals surface area contributed by atoms with E-state index in [-0.39, 0.29) is 5.82 Å². The standard InChI is InChI=1S/C15H11F3N4/c16-15(17,18)11-5-1-3-9(7-11)13-20-14(22-21-13)10-4-2-6-12(19)8-10/h1-8H,19H2,(H,20,21,22).